The van der Waals surface area contributed by atoms with Gasteiger partial charge in [-0.3, -0.25) is 4.98 Å². The van der Waals surface area contributed by atoms with Crippen molar-refractivity contribution in [3.63, 3.8) is 0 Å². The zero-order valence-corrected chi connectivity index (χ0v) is 19.0. The summed E-state index contributed by atoms with van der Waals surface area (Å²) in [5, 5.41) is 14.7. The van der Waals surface area contributed by atoms with Crippen LogP contribution in [0.3, 0.4) is 0 Å². The lowest BCUT2D eigenvalue weighted by atomic mass is 9.94. The molecule has 4 heterocycles. The summed E-state index contributed by atoms with van der Waals surface area (Å²) in [4.78, 5) is 11.1. The highest BCUT2D eigenvalue weighted by Crippen LogP contribution is 2.40. The van der Waals surface area contributed by atoms with E-state index in [1.807, 2.05) is 0 Å². The number of aromatic hydroxyl groups is 1. The second kappa shape index (κ2) is 7.89. The molecule has 2 N–H and O–H groups in total. The number of phenols is 1. The fourth-order valence-corrected chi connectivity index (χ4v) is 5.51. The molecule has 4 aromatic rings. The summed E-state index contributed by atoms with van der Waals surface area (Å²) in [6.07, 6.45) is 9.07. The lowest BCUT2D eigenvalue weighted by Gasteiger charge is -2.34. The number of pyridine rings is 2. The van der Waals surface area contributed by atoms with Crippen molar-refractivity contribution in [1.29, 1.82) is 0 Å². The summed E-state index contributed by atoms with van der Waals surface area (Å²) < 4.78 is 55.8. The lowest BCUT2D eigenvalue weighted by Crippen LogP contribution is -2.51. The van der Waals surface area contributed by atoms with Gasteiger partial charge < -0.3 is 15.3 Å². The minimum atomic E-state index is -2.66. The number of aryl methyl sites for hydroxylation is 2. The van der Waals surface area contributed by atoms with Gasteiger partial charge in [-0.25, -0.2) is 13.8 Å². The van der Waals surface area contributed by atoms with Crippen LogP contribution in [0.4, 0.5) is 14.6 Å². The summed E-state index contributed by atoms with van der Waals surface area (Å²) in [7, 11) is 0. The summed E-state index contributed by atoms with van der Waals surface area (Å²) in [5.41, 5.74) is -0.269. The average molecular weight is 474 g/mol. The van der Waals surface area contributed by atoms with Crippen molar-refractivity contribution in [2.45, 2.75) is 38.7 Å². The topological polar surface area (TPSA) is 61.3 Å². The Bertz CT molecular complexity index is 1670. The molecule has 2 aliphatic heterocycles. The molecule has 0 radical (unpaired) electrons. The van der Waals surface area contributed by atoms with Crippen LogP contribution in [0.2, 0.25) is 0 Å². The predicted octanol–water partition coefficient (Wildman–Crippen LogP) is 4.97. The monoisotopic (exact) mass is 473 g/mol. The molecule has 7 heteroatoms. The molecule has 0 spiro atoms. The Morgan fingerprint density at radius 3 is 2.69 bits per heavy atom. The predicted molar refractivity (Wildman–Crippen MR) is 134 cm³/mol. The molecule has 2 aromatic carbocycles. The smallest absolute Gasteiger partial charge is 0.157 e. The van der Waals surface area contributed by atoms with Crippen LogP contribution in [0, 0.1) is 37.8 Å². The highest BCUT2D eigenvalue weighted by Gasteiger charge is 2.34. The van der Waals surface area contributed by atoms with Gasteiger partial charge in [0.15, 0.2) is 5.82 Å². The van der Waals surface area contributed by atoms with Crippen molar-refractivity contribution in [3.05, 3.63) is 58.9 Å². The van der Waals surface area contributed by atoms with Gasteiger partial charge in [0, 0.05) is 62.9 Å². The van der Waals surface area contributed by atoms with Gasteiger partial charge in [-0.2, -0.15) is 0 Å². The molecule has 35 heavy (non-hydrogen) atoms. The zero-order valence-electron chi connectivity index (χ0n) is 22.0. The molecule has 176 valence electrons. The van der Waals surface area contributed by atoms with Gasteiger partial charge in [0.1, 0.15) is 23.1 Å². The number of hydrogen-bond acceptors (Lipinski definition) is 5. The number of aromatic nitrogens is 2. The van der Waals surface area contributed by atoms with E-state index >= 15 is 4.39 Å². The average Bonchev–Trinajstić information content (AvgIpc) is 3.20. The van der Waals surface area contributed by atoms with Crippen LogP contribution in [-0.4, -0.2) is 40.2 Å². The third kappa shape index (κ3) is 3.32. The number of nitrogens with one attached hydrogen (secondary N) is 1. The van der Waals surface area contributed by atoms with Gasteiger partial charge in [0.05, 0.1) is 5.56 Å². The largest absolute Gasteiger partial charge is 0.508 e. The van der Waals surface area contributed by atoms with E-state index in [0.717, 1.165) is 12.8 Å². The minimum absolute atomic E-state index is 0.0691. The van der Waals surface area contributed by atoms with E-state index in [1.54, 1.807) is 6.92 Å². The molecular weight excluding hydrogens is 446 g/mol. The summed E-state index contributed by atoms with van der Waals surface area (Å²) in [5.74, 6) is 1.04. The Labute approximate surface area is 206 Å². The quantitative estimate of drug-likeness (QED) is 0.403. The van der Waals surface area contributed by atoms with Crippen molar-refractivity contribution in [2.24, 2.45) is 0 Å². The Hall–Kier alpha value is -3.76. The first-order chi connectivity index (χ1) is 18.1. The number of fused-ring (bicyclic) bond motifs is 4. The van der Waals surface area contributed by atoms with Crippen molar-refractivity contribution in [3.8, 4) is 29.4 Å². The van der Waals surface area contributed by atoms with Gasteiger partial charge in [-0.05, 0) is 55.8 Å². The Balaban J connectivity index is 1.68. The van der Waals surface area contributed by atoms with Crippen molar-refractivity contribution >= 4 is 27.4 Å². The maximum Gasteiger partial charge on any atom is 0.157 e. The molecule has 2 aromatic heterocycles. The first-order valence-electron chi connectivity index (χ1n) is 13.0. The number of nitrogens with zero attached hydrogens (tertiary/aromatic N) is 3. The number of piperazine rings is 1. The van der Waals surface area contributed by atoms with Gasteiger partial charge in [-0.1, -0.05) is 12.0 Å². The molecular formula is C28H24F2N4O. The maximum absolute atomic E-state index is 16.6. The van der Waals surface area contributed by atoms with Crippen molar-refractivity contribution in [2.75, 3.05) is 18.0 Å². The molecule has 2 unspecified atom stereocenters. The Morgan fingerprint density at radius 2 is 1.97 bits per heavy atom. The number of phenolic OH excluding ortho intramolecular Hbond substituents is 1. The third-order valence-corrected chi connectivity index (χ3v) is 7.11. The van der Waals surface area contributed by atoms with E-state index in [0.29, 0.717) is 24.3 Å². The van der Waals surface area contributed by atoms with Crippen LogP contribution < -0.4 is 10.2 Å². The third-order valence-electron chi connectivity index (χ3n) is 7.11. The molecule has 2 atom stereocenters. The summed E-state index contributed by atoms with van der Waals surface area (Å²) >= 11 is 0. The number of anilines is 1. The van der Waals surface area contributed by atoms with Gasteiger partial charge >= 0.3 is 0 Å². The van der Waals surface area contributed by atoms with E-state index in [9.17, 15) is 9.50 Å². The van der Waals surface area contributed by atoms with E-state index in [4.69, 9.17) is 10.5 Å². The maximum atomic E-state index is 16.6. The molecule has 6 rings (SSSR count). The van der Waals surface area contributed by atoms with Crippen LogP contribution in [0.1, 0.15) is 33.8 Å². The second-order valence-electron chi connectivity index (χ2n) is 9.31. The van der Waals surface area contributed by atoms with Crippen LogP contribution >= 0.6 is 0 Å². The second-order valence-corrected chi connectivity index (χ2v) is 9.31. The number of hydrogen-bond donors (Lipinski definition) is 2. The van der Waals surface area contributed by atoms with Crippen LogP contribution in [0.25, 0.3) is 32.8 Å². The fraction of sp³-hybridized carbons (Fsp3) is 0.286. The van der Waals surface area contributed by atoms with Gasteiger partial charge in [0.2, 0.25) is 0 Å². The molecule has 2 fully saturated rings. The number of rotatable bonds is 2. The number of terminal acetylenes is 1. The normalized spacial score (nSPS) is 21.1. The molecule has 0 saturated carbocycles. The van der Waals surface area contributed by atoms with E-state index < -0.39 is 18.5 Å². The van der Waals surface area contributed by atoms with Gasteiger partial charge in [-0.15, -0.1) is 6.42 Å². The summed E-state index contributed by atoms with van der Waals surface area (Å²) in [6, 6.07) is 5.84. The SMILES string of the molecule is [2H]C([2H])([2H])c1c(C)nc(N2CC3CCC(C2)N3)c2cnc(-c3cc(O)cc4ccc(F)c(C#C)c34)c(F)c12. The molecule has 2 aliphatic rings. The van der Waals surface area contributed by atoms with Crippen molar-refractivity contribution in [1.82, 2.24) is 15.3 Å². The highest BCUT2D eigenvalue weighted by atomic mass is 19.1. The molecule has 0 amide bonds. The van der Waals surface area contributed by atoms with Crippen molar-refractivity contribution < 1.29 is 18.0 Å². The first-order valence-corrected chi connectivity index (χ1v) is 11.5. The number of benzene rings is 2. The summed E-state index contributed by atoms with van der Waals surface area (Å²) in [6.45, 7) is 0.233. The Morgan fingerprint density at radius 1 is 1.20 bits per heavy atom. The first kappa shape index (κ1) is 18.6. The molecule has 2 bridgehead atoms. The Kier molecular flexibility index (Phi) is 4.18. The van der Waals surface area contributed by atoms with E-state index in [-0.39, 0.29) is 62.1 Å². The molecule has 5 nitrogen and oxygen atoms in total. The molecule has 0 aliphatic carbocycles. The standard InChI is InChI=1S/C28H24F2N4O/c1-4-20-23(29)8-5-16-9-19(35)10-21(25(16)20)27-26(30)24-14(2)15(3)32-28(22(24)11-31-27)34-12-17-6-7-18(13-34)33-17/h1,5,8-11,17-18,33,35H,6-7,12-13H2,2-3H3/i2D3. The zero-order chi connectivity index (χ0) is 26.9. The minimum Gasteiger partial charge on any atom is -0.508 e. The highest BCUT2D eigenvalue weighted by molar-refractivity contribution is 6.04. The number of halogens is 2. The van der Waals surface area contributed by atoms with E-state index in [1.165, 1.54) is 30.5 Å². The van der Waals surface area contributed by atoms with Crippen LogP contribution in [0.5, 0.6) is 5.75 Å². The lowest BCUT2D eigenvalue weighted by molar-refractivity contribution is 0.464. The van der Waals surface area contributed by atoms with Crippen LogP contribution in [-0.2, 0) is 0 Å². The molecule has 2 saturated heterocycles. The van der Waals surface area contributed by atoms with E-state index in [2.05, 4.69) is 26.1 Å². The fourth-order valence-electron chi connectivity index (χ4n) is 5.51. The van der Waals surface area contributed by atoms with Crippen LogP contribution in [0.15, 0.2) is 30.5 Å². The van der Waals surface area contributed by atoms with Gasteiger partial charge in [0.25, 0.3) is 0 Å².